The van der Waals surface area contributed by atoms with E-state index >= 15 is 0 Å². The Morgan fingerprint density at radius 3 is 2.00 bits per heavy atom. The van der Waals surface area contributed by atoms with Crippen LogP contribution < -0.4 is 10.8 Å². The van der Waals surface area contributed by atoms with Gasteiger partial charge in [-0.25, -0.2) is 0 Å². The zero-order chi connectivity index (χ0) is 18.2. The Kier molecular flexibility index (Phi) is 5.68. The average Bonchev–Trinajstić information content (AvgIpc) is 2.67. The van der Waals surface area contributed by atoms with Gasteiger partial charge in [-0.2, -0.15) is 0 Å². The maximum absolute atomic E-state index is 13.3. The zero-order valence-electron chi connectivity index (χ0n) is 15.7. The summed E-state index contributed by atoms with van der Waals surface area (Å²) in [5.41, 5.74) is 0.733. The standard InChI is InChI=1S/C17H28BO5P/c1-8-20-24(19,21-9-2)15-12-13(3)10-11-14(15)18-22-16(4,5)17(6,7)23-18/h10-12H,8-9H2,1-7H3. The predicted octanol–water partition coefficient (Wildman–Crippen LogP) is 3.19. The summed E-state index contributed by atoms with van der Waals surface area (Å²) >= 11 is 0. The minimum Gasteiger partial charge on any atom is -0.399 e. The van der Waals surface area contributed by atoms with Crippen LogP contribution in [0.5, 0.6) is 0 Å². The number of hydrogen-bond donors (Lipinski definition) is 0. The maximum atomic E-state index is 13.3. The molecule has 24 heavy (non-hydrogen) atoms. The van der Waals surface area contributed by atoms with Crippen molar-refractivity contribution in [2.75, 3.05) is 13.2 Å². The Hall–Kier alpha value is -0.645. The van der Waals surface area contributed by atoms with Gasteiger partial charge < -0.3 is 18.4 Å². The van der Waals surface area contributed by atoms with Crippen LogP contribution in [0.2, 0.25) is 0 Å². The Balaban J connectivity index is 2.51. The predicted molar refractivity (Wildman–Crippen MR) is 97.4 cm³/mol. The molecule has 0 aromatic heterocycles. The van der Waals surface area contributed by atoms with Crippen LogP contribution in [0.15, 0.2) is 18.2 Å². The van der Waals surface area contributed by atoms with Gasteiger partial charge in [0.25, 0.3) is 0 Å². The van der Waals surface area contributed by atoms with Crippen LogP contribution in [0.25, 0.3) is 0 Å². The van der Waals surface area contributed by atoms with Gasteiger partial charge in [0.1, 0.15) is 0 Å². The quantitative estimate of drug-likeness (QED) is 0.580. The minimum absolute atomic E-state index is 0.300. The SMILES string of the molecule is CCOP(=O)(OCC)c1cc(C)ccc1B1OC(C)(C)C(C)(C)O1. The number of aryl methyl sites for hydroxylation is 1. The molecular weight excluding hydrogens is 326 g/mol. The second-order valence-electron chi connectivity index (χ2n) is 6.98. The second-order valence-corrected chi connectivity index (χ2v) is 8.98. The third kappa shape index (κ3) is 3.63. The van der Waals surface area contributed by atoms with Crippen LogP contribution >= 0.6 is 7.60 Å². The fourth-order valence-corrected chi connectivity index (χ4v) is 4.47. The molecule has 2 rings (SSSR count). The van der Waals surface area contributed by atoms with Crippen molar-refractivity contribution in [2.45, 2.75) is 59.7 Å². The summed E-state index contributed by atoms with van der Waals surface area (Å²) in [7, 11) is -4.04. The molecule has 0 unspecified atom stereocenters. The monoisotopic (exact) mass is 354 g/mol. The van der Waals surface area contributed by atoms with Gasteiger partial charge in [-0.3, -0.25) is 4.57 Å². The molecule has 1 saturated heterocycles. The summed E-state index contributed by atoms with van der Waals surface area (Å²) in [5.74, 6) is 0. The highest BCUT2D eigenvalue weighted by Crippen LogP contribution is 2.47. The van der Waals surface area contributed by atoms with Crippen molar-refractivity contribution in [1.29, 1.82) is 0 Å². The van der Waals surface area contributed by atoms with Crippen molar-refractivity contribution in [1.82, 2.24) is 0 Å². The molecule has 0 spiro atoms. The first kappa shape index (κ1) is 19.7. The van der Waals surface area contributed by atoms with Gasteiger partial charge in [-0.15, -0.1) is 0 Å². The van der Waals surface area contributed by atoms with Gasteiger partial charge >= 0.3 is 14.7 Å². The van der Waals surface area contributed by atoms with E-state index in [4.69, 9.17) is 18.4 Å². The Morgan fingerprint density at radius 1 is 1.04 bits per heavy atom. The van der Waals surface area contributed by atoms with Crippen LogP contribution in [0.4, 0.5) is 0 Å². The first-order valence-corrected chi connectivity index (χ1v) is 9.96. The molecule has 0 bridgehead atoms. The molecule has 1 aromatic carbocycles. The first-order chi connectivity index (χ1) is 11.1. The fourth-order valence-electron chi connectivity index (χ4n) is 2.58. The molecule has 0 amide bonds. The lowest BCUT2D eigenvalue weighted by atomic mass is 9.78. The molecule has 5 nitrogen and oxygen atoms in total. The zero-order valence-corrected chi connectivity index (χ0v) is 16.6. The van der Waals surface area contributed by atoms with Crippen molar-refractivity contribution >= 4 is 25.5 Å². The average molecular weight is 354 g/mol. The molecule has 0 radical (unpaired) electrons. The Morgan fingerprint density at radius 2 is 1.54 bits per heavy atom. The van der Waals surface area contributed by atoms with E-state index in [1.165, 1.54) is 0 Å². The summed E-state index contributed by atoms with van der Waals surface area (Å²) in [4.78, 5) is 0. The van der Waals surface area contributed by atoms with Gasteiger partial charge in [0.05, 0.1) is 29.7 Å². The van der Waals surface area contributed by atoms with Gasteiger partial charge in [0.15, 0.2) is 0 Å². The van der Waals surface area contributed by atoms with Crippen molar-refractivity contribution in [2.24, 2.45) is 0 Å². The topological polar surface area (TPSA) is 54.0 Å². The molecule has 1 aromatic rings. The number of benzene rings is 1. The molecule has 1 fully saturated rings. The molecular formula is C17H28BO5P. The molecule has 1 aliphatic rings. The number of hydrogen-bond acceptors (Lipinski definition) is 5. The minimum atomic E-state index is -3.43. The first-order valence-electron chi connectivity index (χ1n) is 8.42. The molecule has 1 heterocycles. The van der Waals surface area contributed by atoms with Gasteiger partial charge in [-0.05, 0) is 60.0 Å². The summed E-state index contributed by atoms with van der Waals surface area (Å²) in [6.07, 6.45) is 0. The Bertz CT molecular complexity index is 618. The van der Waals surface area contributed by atoms with E-state index < -0.39 is 25.9 Å². The number of rotatable bonds is 6. The molecule has 7 heteroatoms. The molecule has 0 aliphatic carbocycles. The molecule has 0 N–H and O–H groups in total. The Labute approximate surface area is 145 Å². The summed E-state index contributed by atoms with van der Waals surface area (Å²) in [6.45, 7) is 14.1. The third-order valence-corrected chi connectivity index (χ3v) is 6.76. The van der Waals surface area contributed by atoms with Gasteiger partial charge in [-0.1, -0.05) is 17.7 Å². The largest absolute Gasteiger partial charge is 0.495 e. The lowest BCUT2D eigenvalue weighted by molar-refractivity contribution is 0.00578. The molecule has 1 aliphatic heterocycles. The van der Waals surface area contributed by atoms with E-state index in [1.54, 1.807) is 13.8 Å². The van der Waals surface area contributed by atoms with E-state index in [1.807, 2.05) is 52.8 Å². The van der Waals surface area contributed by atoms with E-state index in [0.717, 1.165) is 5.56 Å². The fraction of sp³-hybridized carbons (Fsp3) is 0.647. The highest BCUT2D eigenvalue weighted by Gasteiger charge is 2.53. The molecule has 134 valence electrons. The second kappa shape index (κ2) is 6.93. The summed E-state index contributed by atoms with van der Waals surface area (Å²) < 4.78 is 36.6. The van der Waals surface area contributed by atoms with Crippen LogP contribution in [0, 0.1) is 6.92 Å². The van der Waals surface area contributed by atoms with Crippen molar-refractivity contribution in [3.05, 3.63) is 23.8 Å². The van der Waals surface area contributed by atoms with Crippen molar-refractivity contribution in [3.8, 4) is 0 Å². The van der Waals surface area contributed by atoms with E-state index in [9.17, 15) is 4.57 Å². The van der Waals surface area contributed by atoms with Crippen LogP contribution in [-0.2, 0) is 22.9 Å². The van der Waals surface area contributed by atoms with E-state index in [2.05, 4.69) is 0 Å². The van der Waals surface area contributed by atoms with Crippen LogP contribution in [0.1, 0.15) is 47.1 Å². The highest BCUT2D eigenvalue weighted by atomic mass is 31.2. The van der Waals surface area contributed by atoms with Crippen molar-refractivity contribution < 1.29 is 22.9 Å². The molecule has 0 atom stereocenters. The molecule has 0 saturated carbocycles. The lowest BCUT2D eigenvalue weighted by Crippen LogP contribution is -2.43. The summed E-state index contributed by atoms with van der Waals surface area (Å²) in [5, 5.41) is 0.518. The third-order valence-electron chi connectivity index (χ3n) is 4.59. The smallest absolute Gasteiger partial charge is 0.399 e. The van der Waals surface area contributed by atoms with Gasteiger partial charge in [0, 0.05) is 0 Å². The highest BCUT2D eigenvalue weighted by molar-refractivity contribution is 7.62. The van der Waals surface area contributed by atoms with Crippen LogP contribution in [0.3, 0.4) is 0 Å². The summed E-state index contributed by atoms with van der Waals surface area (Å²) in [6, 6.07) is 5.68. The normalized spacial score (nSPS) is 19.7. The van der Waals surface area contributed by atoms with Crippen LogP contribution in [-0.4, -0.2) is 31.5 Å². The van der Waals surface area contributed by atoms with E-state index in [0.29, 0.717) is 24.0 Å². The maximum Gasteiger partial charge on any atom is 0.495 e. The lowest BCUT2D eigenvalue weighted by Gasteiger charge is -2.32. The van der Waals surface area contributed by atoms with E-state index in [-0.39, 0.29) is 0 Å². The van der Waals surface area contributed by atoms with Crippen molar-refractivity contribution in [3.63, 3.8) is 0 Å². The van der Waals surface area contributed by atoms with Gasteiger partial charge in [0.2, 0.25) is 0 Å².